The molecule has 0 heterocycles. The maximum atomic E-state index is 3.75. The molecule has 0 aromatic rings. The lowest BCUT2D eigenvalue weighted by Crippen LogP contribution is -2.21. The molecule has 2 aliphatic rings. The van der Waals surface area contributed by atoms with Gasteiger partial charge in [0.1, 0.15) is 0 Å². The van der Waals surface area contributed by atoms with Gasteiger partial charge in [-0.3, -0.25) is 0 Å². The zero-order valence-electron chi connectivity index (χ0n) is 5.93. The predicted molar refractivity (Wildman–Crippen MR) is 61.6 cm³/mol. The van der Waals surface area contributed by atoms with Crippen LogP contribution in [0, 0.1) is 11.8 Å². The van der Waals surface area contributed by atoms with Gasteiger partial charge in [0.05, 0.1) is 0 Å². The fourth-order valence-corrected chi connectivity index (χ4v) is 8.20. The molecule has 0 spiro atoms. The summed E-state index contributed by atoms with van der Waals surface area (Å²) in [6.45, 7) is 0. The van der Waals surface area contributed by atoms with E-state index in [1.54, 1.807) is 0 Å². The Labute approximate surface area is 91.6 Å². The summed E-state index contributed by atoms with van der Waals surface area (Å²) < 4.78 is -1.39. The van der Waals surface area contributed by atoms with Gasteiger partial charge in [-0.05, 0) is 30.2 Å². The van der Waals surface area contributed by atoms with Crippen LogP contribution in [0.4, 0.5) is 0 Å². The van der Waals surface area contributed by atoms with E-state index >= 15 is 0 Å². The summed E-state index contributed by atoms with van der Waals surface area (Å²) in [7, 11) is 0. The molecule has 2 rings (SSSR count). The van der Waals surface area contributed by atoms with Crippen molar-refractivity contribution >= 4 is 49.8 Å². The van der Waals surface area contributed by atoms with Crippen LogP contribution in [-0.2, 0) is 0 Å². The molecular formula is C7H9Br3Si. The molecule has 0 saturated heterocycles. The first-order valence-electron chi connectivity index (χ1n) is 3.82. The topological polar surface area (TPSA) is 0 Å². The van der Waals surface area contributed by atoms with Crippen molar-refractivity contribution in [3.05, 3.63) is 12.2 Å². The molecule has 1 fully saturated rings. The van der Waals surface area contributed by atoms with Gasteiger partial charge in [0.15, 0.2) is 0 Å². The lowest BCUT2D eigenvalue weighted by Gasteiger charge is -2.24. The summed E-state index contributed by atoms with van der Waals surface area (Å²) >= 11 is 11.2. The fraction of sp³-hybridized carbons (Fsp3) is 0.714. The molecule has 2 bridgehead atoms. The van der Waals surface area contributed by atoms with Crippen molar-refractivity contribution in [2.45, 2.75) is 18.4 Å². The minimum absolute atomic E-state index is 0.838. The Morgan fingerprint density at radius 2 is 1.82 bits per heavy atom. The number of rotatable bonds is 1. The molecule has 2 aliphatic carbocycles. The summed E-state index contributed by atoms with van der Waals surface area (Å²) in [6.07, 6.45) is 7.54. The smallest absolute Gasteiger partial charge is 0.0961 e. The van der Waals surface area contributed by atoms with Gasteiger partial charge < -0.3 is 0 Å². The van der Waals surface area contributed by atoms with E-state index in [9.17, 15) is 0 Å². The van der Waals surface area contributed by atoms with Gasteiger partial charge in [-0.2, -0.15) is 0 Å². The summed E-state index contributed by atoms with van der Waals surface area (Å²) in [5.74, 6) is 1.72. The van der Waals surface area contributed by atoms with Gasteiger partial charge in [0, 0.05) is 0 Å². The Bertz CT molecular complexity index is 196. The minimum Gasteiger partial charge on any atom is -0.0961 e. The monoisotopic (exact) mass is 358 g/mol. The third kappa shape index (κ3) is 1.69. The van der Waals surface area contributed by atoms with Crippen molar-refractivity contribution in [3.63, 3.8) is 0 Å². The molecule has 0 radical (unpaired) electrons. The van der Waals surface area contributed by atoms with Crippen molar-refractivity contribution in [1.82, 2.24) is 0 Å². The summed E-state index contributed by atoms with van der Waals surface area (Å²) in [6, 6.07) is 0. The average molecular weight is 361 g/mol. The second-order valence-corrected chi connectivity index (χ2v) is 26.1. The van der Waals surface area contributed by atoms with Gasteiger partial charge in [0.2, 0.25) is 0 Å². The van der Waals surface area contributed by atoms with Crippen molar-refractivity contribution in [1.29, 1.82) is 0 Å². The van der Waals surface area contributed by atoms with E-state index in [0.717, 1.165) is 17.4 Å². The molecule has 0 amide bonds. The first-order valence-corrected chi connectivity index (χ1v) is 12.7. The third-order valence-corrected chi connectivity index (χ3v) is 9.50. The van der Waals surface area contributed by atoms with Crippen molar-refractivity contribution in [3.8, 4) is 0 Å². The van der Waals surface area contributed by atoms with Gasteiger partial charge >= 0.3 is 0 Å². The van der Waals surface area contributed by atoms with Crippen molar-refractivity contribution in [2.75, 3.05) is 0 Å². The molecule has 3 unspecified atom stereocenters. The molecule has 0 nitrogen and oxygen atoms in total. The fourth-order valence-electron chi connectivity index (χ4n) is 2.16. The van der Waals surface area contributed by atoms with Gasteiger partial charge in [-0.1, -0.05) is 58.0 Å². The van der Waals surface area contributed by atoms with Crippen LogP contribution >= 0.6 is 45.9 Å². The highest BCUT2D eigenvalue weighted by atomic mass is 80.0. The largest absolute Gasteiger partial charge is 0.270 e. The molecule has 62 valence electrons. The third-order valence-electron chi connectivity index (χ3n) is 2.70. The summed E-state index contributed by atoms with van der Waals surface area (Å²) in [5.41, 5.74) is 0.845. The maximum absolute atomic E-state index is 3.75. The van der Waals surface area contributed by atoms with Crippen LogP contribution in [0.2, 0.25) is 5.54 Å². The second kappa shape index (κ2) is 2.96. The Morgan fingerprint density at radius 3 is 2.09 bits per heavy atom. The molecular weight excluding hydrogens is 352 g/mol. The van der Waals surface area contributed by atoms with Crippen LogP contribution in [-0.4, -0.2) is 3.93 Å². The predicted octanol–water partition coefficient (Wildman–Crippen LogP) is 4.08. The molecule has 0 aromatic carbocycles. The second-order valence-electron chi connectivity index (χ2n) is 3.43. The molecule has 3 atom stereocenters. The number of allylic oxidation sites excluding steroid dienone is 2. The van der Waals surface area contributed by atoms with E-state index in [4.69, 9.17) is 0 Å². The lowest BCUT2D eigenvalue weighted by molar-refractivity contribution is 0.690. The molecule has 0 aromatic heterocycles. The number of hydrogen-bond donors (Lipinski definition) is 0. The van der Waals surface area contributed by atoms with E-state index in [-0.39, 0.29) is 0 Å². The van der Waals surface area contributed by atoms with Crippen LogP contribution < -0.4 is 0 Å². The van der Waals surface area contributed by atoms with E-state index < -0.39 is 3.93 Å². The van der Waals surface area contributed by atoms with Crippen LogP contribution in [0.15, 0.2) is 12.2 Å². The van der Waals surface area contributed by atoms with E-state index in [1.165, 1.54) is 12.8 Å². The average Bonchev–Trinajstić information content (AvgIpc) is 2.42. The van der Waals surface area contributed by atoms with Gasteiger partial charge in [-0.15, -0.1) is 0 Å². The number of halogens is 3. The first kappa shape index (κ1) is 8.97. The normalized spacial score (nSPS) is 41.9. The molecule has 0 N–H and O–H groups in total. The van der Waals surface area contributed by atoms with Gasteiger partial charge in [-0.25, -0.2) is 0 Å². The Morgan fingerprint density at radius 1 is 1.09 bits per heavy atom. The highest BCUT2D eigenvalue weighted by Crippen LogP contribution is 2.57. The Kier molecular flexibility index (Phi) is 2.42. The molecule has 11 heavy (non-hydrogen) atoms. The Balaban J connectivity index is 2.15. The Hall–Kier alpha value is 1.40. The van der Waals surface area contributed by atoms with Crippen molar-refractivity contribution < 1.29 is 0 Å². The molecule has 0 aliphatic heterocycles. The maximum Gasteiger partial charge on any atom is 0.270 e. The van der Waals surface area contributed by atoms with E-state index in [0.29, 0.717) is 0 Å². The number of hydrogen-bond acceptors (Lipinski definition) is 0. The van der Waals surface area contributed by atoms with Crippen LogP contribution in [0.1, 0.15) is 12.8 Å². The minimum atomic E-state index is -1.39. The molecule has 1 saturated carbocycles. The zero-order chi connectivity index (χ0) is 8.06. The zero-order valence-corrected chi connectivity index (χ0v) is 11.7. The highest BCUT2D eigenvalue weighted by Gasteiger charge is 2.46. The van der Waals surface area contributed by atoms with Gasteiger partial charge in [0.25, 0.3) is 3.93 Å². The quantitative estimate of drug-likeness (QED) is 0.375. The van der Waals surface area contributed by atoms with Crippen molar-refractivity contribution in [2.24, 2.45) is 11.8 Å². The molecule has 4 heteroatoms. The standard InChI is InChI=1S/C7H9Br3Si/c8-11(9,10)7-4-5-1-2-6(7)3-5/h1-2,5-7H,3-4H2. The lowest BCUT2D eigenvalue weighted by atomic mass is 10.1. The van der Waals surface area contributed by atoms with E-state index in [1.807, 2.05) is 0 Å². The van der Waals surface area contributed by atoms with Crippen LogP contribution in [0.5, 0.6) is 0 Å². The summed E-state index contributed by atoms with van der Waals surface area (Å²) in [5, 5.41) is 0. The number of fused-ring (bicyclic) bond motifs is 2. The summed E-state index contributed by atoms with van der Waals surface area (Å²) in [4.78, 5) is 0. The van der Waals surface area contributed by atoms with Crippen LogP contribution in [0.25, 0.3) is 0 Å². The first-order chi connectivity index (χ1) is 5.07. The van der Waals surface area contributed by atoms with Crippen LogP contribution in [0.3, 0.4) is 0 Å². The SMILES string of the molecule is Br[Si](Br)(Br)C1CC2C=CC1C2. The van der Waals surface area contributed by atoms with E-state index in [2.05, 4.69) is 58.0 Å². The highest BCUT2D eigenvalue weighted by molar-refractivity contribution is 9.72.